The summed E-state index contributed by atoms with van der Waals surface area (Å²) in [6.45, 7) is 13.0. The fraction of sp³-hybridized carbons (Fsp3) is 0.650. The molecule has 3 N–H and O–H groups in total. The minimum absolute atomic E-state index is 0.269. The summed E-state index contributed by atoms with van der Waals surface area (Å²) in [7, 11) is 0. The molecule has 1 aromatic rings. The highest BCUT2D eigenvalue weighted by Crippen LogP contribution is 2.22. The molecule has 0 aromatic heterocycles. The Hall–Kier alpha value is -1.30. The third-order valence-electron chi connectivity index (χ3n) is 4.42. The van der Waals surface area contributed by atoms with Gasteiger partial charge in [-0.05, 0) is 52.4 Å². The normalized spacial score (nSPS) is 14.3. The number of aliphatic hydroxyl groups excluding tert-OH is 1. The van der Waals surface area contributed by atoms with Crippen LogP contribution in [0.4, 0.5) is 0 Å². The molecular formula is C20H35ClN4O. The number of rotatable bonds is 11. The molecule has 0 radical (unpaired) electrons. The number of nitrogens with one attached hydrogen (secondary N) is 2. The lowest BCUT2D eigenvalue weighted by molar-refractivity contribution is 0.187. The largest absolute Gasteiger partial charge is 0.386 e. The lowest BCUT2D eigenvalue weighted by atomic mass is 10.1. The lowest BCUT2D eigenvalue weighted by Crippen LogP contribution is -2.42. The topological polar surface area (TPSA) is 59.9 Å². The van der Waals surface area contributed by atoms with Crippen LogP contribution >= 0.6 is 11.6 Å². The molecule has 0 aliphatic heterocycles. The summed E-state index contributed by atoms with van der Waals surface area (Å²) in [5.74, 6) is 0.731. The first-order valence-electron chi connectivity index (χ1n) is 9.71. The van der Waals surface area contributed by atoms with Gasteiger partial charge in [0, 0.05) is 23.2 Å². The Morgan fingerprint density at radius 2 is 1.92 bits per heavy atom. The van der Waals surface area contributed by atoms with Crippen LogP contribution in [0.25, 0.3) is 0 Å². The van der Waals surface area contributed by atoms with E-state index in [-0.39, 0.29) is 6.54 Å². The molecule has 0 amide bonds. The quantitative estimate of drug-likeness (QED) is 0.405. The number of halogens is 1. The van der Waals surface area contributed by atoms with Crippen molar-refractivity contribution in [1.29, 1.82) is 0 Å². The maximum atomic E-state index is 10.4. The summed E-state index contributed by atoms with van der Waals surface area (Å²) in [6.07, 6.45) is 1.52. The molecule has 0 aliphatic carbocycles. The van der Waals surface area contributed by atoms with Crippen LogP contribution in [0.1, 0.15) is 52.2 Å². The van der Waals surface area contributed by atoms with E-state index in [0.717, 1.165) is 45.0 Å². The maximum absolute atomic E-state index is 10.4. The molecule has 1 aromatic carbocycles. The SMILES string of the molecule is CCNC(=NCC(O)c1ccccc1Cl)NC(C)CCCN(CC)CC. The highest BCUT2D eigenvalue weighted by atomic mass is 35.5. The molecule has 2 atom stereocenters. The predicted octanol–water partition coefficient (Wildman–Crippen LogP) is 3.44. The molecule has 0 saturated heterocycles. The number of hydrogen-bond acceptors (Lipinski definition) is 3. The van der Waals surface area contributed by atoms with Crippen molar-refractivity contribution in [2.24, 2.45) is 4.99 Å². The van der Waals surface area contributed by atoms with Crippen molar-refractivity contribution in [2.45, 2.75) is 52.7 Å². The third kappa shape index (κ3) is 8.39. The molecule has 1 rings (SSSR count). The van der Waals surface area contributed by atoms with Gasteiger partial charge in [-0.15, -0.1) is 0 Å². The van der Waals surface area contributed by atoms with E-state index in [4.69, 9.17) is 11.6 Å². The Balaban J connectivity index is 2.53. The minimum Gasteiger partial charge on any atom is -0.386 e. The lowest BCUT2D eigenvalue weighted by Gasteiger charge is -2.21. The van der Waals surface area contributed by atoms with Gasteiger partial charge in [0.1, 0.15) is 6.10 Å². The second-order valence-electron chi connectivity index (χ2n) is 6.47. The molecule has 6 heteroatoms. The first-order valence-corrected chi connectivity index (χ1v) is 10.1. The van der Waals surface area contributed by atoms with Crippen molar-refractivity contribution in [3.63, 3.8) is 0 Å². The highest BCUT2D eigenvalue weighted by molar-refractivity contribution is 6.31. The predicted molar refractivity (Wildman–Crippen MR) is 112 cm³/mol. The molecule has 0 aliphatic rings. The minimum atomic E-state index is -0.711. The molecule has 0 spiro atoms. The van der Waals surface area contributed by atoms with Gasteiger partial charge in [-0.1, -0.05) is 43.6 Å². The zero-order chi connectivity index (χ0) is 19.4. The van der Waals surface area contributed by atoms with E-state index in [1.54, 1.807) is 6.07 Å². The van der Waals surface area contributed by atoms with Crippen LogP contribution in [-0.2, 0) is 0 Å². The zero-order valence-electron chi connectivity index (χ0n) is 16.6. The van der Waals surface area contributed by atoms with Crippen LogP contribution < -0.4 is 10.6 Å². The van der Waals surface area contributed by atoms with Gasteiger partial charge in [0.2, 0.25) is 0 Å². The number of aliphatic imine (C=N–C) groups is 1. The van der Waals surface area contributed by atoms with Gasteiger partial charge in [-0.25, -0.2) is 0 Å². The van der Waals surface area contributed by atoms with Gasteiger partial charge >= 0.3 is 0 Å². The standard InChI is InChI=1S/C20H35ClN4O/c1-5-22-20(24-16(4)11-10-14-25(6-2)7-3)23-15-19(26)17-12-8-9-13-18(17)21/h8-9,12-13,16,19,26H,5-7,10-11,14-15H2,1-4H3,(H2,22,23,24). The Morgan fingerprint density at radius 1 is 1.23 bits per heavy atom. The second kappa shape index (κ2) is 13.0. The first kappa shape index (κ1) is 22.7. The third-order valence-corrected chi connectivity index (χ3v) is 4.76. The fourth-order valence-corrected chi connectivity index (χ4v) is 3.07. The number of benzene rings is 1. The van der Waals surface area contributed by atoms with Crippen molar-refractivity contribution in [1.82, 2.24) is 15.5 Å². The summed E-state index contributed by atoms with van der Waals surface area (Å²) < 4.78 is 0. The van der Waals surface area contributed by atoms with Crippen LogP contribution in [0.15, 0.2) is 29.3 Å². The summed E-state index contributed by atoms with van der Waals surface area (Å²) in [5, 5.41) is 17.6. The Bertz CT molecular complexity index is 534. The average Bonchev–Trinajstić information content (AvgIpc) is 2.63. The Kier molecular flexibility index (Phi) is 11.3. The van der Waals surface area contributed by atoms with E-state index >= 15 is 0 Å². The molecular weight excluding hydrogens is 348 g/mol. The number of guanidine groups is 1. The van der Waals surface area contributed by atoms with Crippen molar-refractivity contribution < 1.29 is 5.11 Å². The monoisotopic (exact) mass is 382 g/mol. The Morgan fingerprint density at radius 3 is 2.54 bits per heavy atom. The first-order chi connectivity index (χ1) is 12.5. The molecule has 5 nitrogen and oxygen atoms in total. The van der Waals surface area contributed by atoms with Crippen LogP contribution in [-0.4, -0.2) is 54.7 Å². The van der Waals surface area contributed by atoms with E-state index in [1.165, 1.54) is 0 Å². The number of nitrogens with zero attached hydrogens (tertiary/aromatic N) is 2. The summed E-state index contributed by atoms with van der Waals surface area (Å²) in [4.78, 5) is 6.96. The van der Waals surface area contributed by atoms with Gasteiger partial charge in [0.15, 0.2) is 5.96 Å². The molecule has 2 unspecified atom stereocenters. The van der Waals surface area contributed by atoms with Gasteiger partial charge in [0.25, 0.3) is 0 Å². The Labute approximate surface area is 163 Å². The fourth-order valence-electron chi connectivity index (χ4n) is 2.81. The summed E-state index contributed by atoms with van der Waals surface area (Å²) in [6, 6.07) is 7.66. The van der Waals surface area contributed by atoms with E-state index in [0.29, 0.717) is 16.6 Å². The summed E-state index contributed by atoms with van der Waals surface area (Å²) in [5.41, 5.74) is 0.709. The molecule has 0 heterocycles. The van der Waals surface area contributed by atoms with E-state index in [1.807, 2.05) is 25.1 Å². The van der Waals surface area contributed by atoms with Gasteiger partial charge in [-0.2, -0.15) is 0 Å². The number of hydrogen-bond donors (Lipinski definition) is 3. The molecule has 0 bridgehead atoms. The van der Waals surface area contributed by atoms with Crippen molar-refractivity contribution >= 4 is 17.6 Å². The second-order valence-corrected chi connectivity index (χ2v) is 6.88. The van der Waals surface area contributed by atoms with Crippen molar-refractivity contribution in [3.05, 3.63) is 34.9 Å². The van der Waals surface area contributed by atoms with Crippen LogP contribution in [0, 0.1) is 0 Å². The number of aliphatic hydroxyl groups is 1. The molecule has 0 fully saturated rings. The van der Waals surface area contributed by atoms with E-state index in [9.17, 15) is 5.11 Å². The zero-order valence-corrected chi connectivity index (χ0v) is 17.4. The van der Waals surface area contributed by atoms with Crippen molar-refractivity contribution in [2.75, 3.05) is 32.7 Å². The van der Waals surface area contributed by atoms with Crippen LogP contribution in [0.2, 0.25) is 5.02 Å². The van der Waals surface area contributed by atoms with E-state index in [2.05, 4.69) is 41.3 Å². The molecule has 0 saturated carbocycles. The maximum Gasteiger partial charge on any atom is 0.191 e. The van der Waals surface area contributed by atoms with Gasteiger partial charge in [-0.3, -0.25) is 4.99 Å². The summed E-state index contributed by atoms with van der Waals surface area (Å²) >= 11 is 6.14. The average molecular weight is 383 g/mol. The van der Waals surface area contributed by atoms with Gasteiger partial charge < -0.3 is 20.6 Å². The van der Waals surface area contributed by atoms with Crippen LogP contribution in [0.5, 0.6) is 0 Å². The van der Waals surface area contributed by atoms with E-state index < -0.39 is 6.10 Å². The molecule has 26 heavy (non-hydrogen) atoms. The van der Waals surface area contributed by atoms with Gasteiger partial charge in [0.05, 0.1) is 6.54 Å². The van der Waals surface area contributed by atoms with Crippen molar-refractivity contribution in [3.8, 4) is 0 Å². The smallest absolute Gasteiger partial charge is 0.191 e. The van der Waals surface area contributed by atoms with Crippen LogP contribution in [0.3, 0.4) is 0 Å². The molecule has 148 valence electrons. The highest BCUT2D eigenvalue weighted by Gasteiger charge is 2.12.